The lowest BCUT2D eigenvalue weighted by Gasteiger charge is -2.28. The van der Waals surface area contributed by atoms with Gasteiger partial charge in [0.2, 0.25) is 5.89 Å². The van der Waals surface area contributed by atoms with Crippen molar-refractivity contribution in [3.05, 3.63) is 47.9 Å². The van der Waals surface area contributed by atoms with Gasteiger partial charge in [-0.2, -0.15) is 5.10 Å². The van der Waals surface area contributed by atoms with E-state index in [4.69, 9.17) is 14.9 Å². The lowest BCUT2D eigenvalue weighted by Crippen LogP contribution is -2.19. The number of hydrogen-bond donors (Lipinski definition) is 2. The largest absolute Gasteiger partial charge is 0.444 e. The Bertz CT molecular complexity index is 1300. The first-order valence-electron chi connectivity index (χ1n) is 15.9. The van der Waals surface area contributed by atoms with Crippen LogP contribution in [0.2, 0.25) is 0 Å². The number of anilines is 1. The molecule has 2 aliphatic carbocycles. The average molecular weight is 599 g/mol. The monoisotopic (exact) mass is 598 g/mol. The molecule has 0 aromatic carbocycles. The molecule has 0 bridgehead atoms. The van der Waals surface area contributed by atoms with Crippen LogP contribution in [0.3, 0.4) is 0 Å². The molecule has 2 aliphatic rings. The molecule has 9 nitrogen and oxygen atoms in total. The Morgan fingerprint density at radius 2 is 1.84 bits per heavy atom. The minimum absolute atomic E-state index is 0.00614. The van der Waals surface area contributed by atoms with Gasteiger partial charge in [0, 0.05) is 36.9 Å². The Morgan fingerprint density at radius 1 is 1.07 bits per heavy atom. The quantitative estimate of drug-likeness (QED) is 0.159. The Hall–Kier alpha value is -3.18. The zero-order valence-electron chi connectivity index (χ0n) is 24.9. The van der Waals surface area contributed by atoms with Crippen molar-refractivity contribution in [2.45, 2.75) is 95.9 Å². The highest BCUT2D eigenvalue weighted by molar-refractivity contribution is 6.03. The summed E-state index contributed by atoms with van der Waals surface area (Å²) in [5.74, 6) is 1.12. The van der Waals surface area contributed by atoms with Gasteiger partial charge in [-0.25, -0.2) is 13.8 Å². The van der Waals surface area contributed by atoms with Crippen molar-refractivity contribution in [1.82, 2.24) is 19.7 Å². The minimum Gasteiger partial charge on any atom is -0.444 e. The number of carbonyl (C=O) groups is 1. The highest BCUT2D eigenvalue weighted by Gasteiger charge is 2.27. The third-order valence-corrected chi connectivity index (χ3v) is 8.61. The minimum atomic E-state index is -2.81. The molecular formula is C32H44F2N6O3. The maximum Gasteiger partial charge on any atom is 0.284 e. The summed E-state index contributed by atoms with van der Waals surface area (Å²) in [6, 6.07) is 3.74. The number of hydrogen-bond acceptors (Lipinski definition) is 7. The van der Waals surface area contributed by atoms with Crippen LogP contribution in [0.25, 0.3) is 11.5 Å². The zero-order valence-corrected chi connectivity index (χ0v) is 24.9. The number of nitrogens with one attached hydrogen (secondary N) is 1. The number of amides is 1. The number of aromatic nitrogens is 4. The number of oxazole rings is 1. The van der Waals surface area contributed by atoms with Crippen LogP contribution in [0, 0.1) is 11.8 Å². The van der Waals surface area contributed by atoms with E-state index in [0.717, 1.165) is 88.2 Å². The van der Waals surface area contributed by atoms with Crippen molar-refractivity contribution in [2.24, 2.45) is 17.6 Å². The van der Waals surface area contributed by atoms with Gasteiger partial charge in [-0.15, -0.1) is 0 Å². The van der Waals surface area contributed by atoms with E-state index in [1.165, 1.54) is 38.1 Å². The smallest absolute Gasteiger partial charge is 0.284 e. The van der Waals surface area contributed by atoms with Gasteiger partial charge in [-0.3, -0.25) is 14.5 Å². The summed E-state index contributed by atoms with van der Waals surface area (Å²) in [7, 11) is 0. The van der Waals surface area contributed by atoms with Gasteiger partial charge >= 0.3 is 0 Å². The first kappa shape index (κ1) is 31.3. The third kappa shape index (κ3) is 9.15. The topological polar surface area (TPSA) is 121 Å². The summed E-state index contributed by atoms with van der Waals surface area (Å²) in [4.78, 5) is 21.7. The predicted molar refractivity (Wildman–Crippen MR) is 160 cm³/mol. The molecule has 0 saturated heterocycles. The molecule has 0 unspecified atom stereocenters. The van der Waals surface area contributed by atoms with Crippen molar-refractivity contribution in [3.8, 4) is 11.5 Å². The summed E-state index contributed by atoms with van der Waals surface area (Å²) in [5, 5.41) is 6.79. The number of unbranched alkanes of at least 4 members (excludes halogenated alkanes) is 2. The van der Waals surface area contributed by atoms with E-state index in [1.807, 2.05) is 6.07 Å². The summed E-state index contributed by atoms with van der Waals surface area (Å²) in [6.45, 7) is 2.20. The second kappa shape index (κ2) is 15.5. The lowest BCUT2D eigenvalue weighted by molar-refractivity contribution is 0.102. The van der Waals surface area contributed by atoms with Crippen LogP contribution >= 0.6 is 0 Å². The molecule has 0 radical (unpaired) electrons. The average Bonchev–Trinajstić information content (AvgIpc) is 3.53. The van der Waals surface area contributed by atoms with Crippen LogP contribution in [0.15, 0.2) is 35.2 Å². The van der Waals surface area contributed by atoms with Crippen molar-refractivity contribution >= 4 is 11.6 Å². The number of nitrogens with zero attached hydrogens (tertiary/aromatic N) is 4. The van der Waals surface area contributed by atoms with Crippen LogP contribution in [0.1, 0.15) is 111 Å². The molecule has 3 aromatic rings. The molecule has 3 N–H and O–H groups in total. The first-order chi connectivity index (χ1) is 21.0. The second-order valence-corrected chi connectivity index (χ2v) is 12.0. The SMILES string of the molecule is NCCCOCCCCCC1CCC(n2cc(NC(=O)c3coc(-c4ccnc(CCC5CC5)c4)n3)c(C(F)F)n2)CC1. The predicted octanol–water partition coefficient (Wildman–Crippen LogP) is 7.12. The van der Waals surface area contributed by atoms with E-state index in [9.17, 15) is 13.6 Å². The molecule has 0 atom stereocenters. The summed E-state index contributed by atoms with van der Waals surface area (Å²) >= 11 is 0. The van der Waals surface area contributed by atoms with E-state index in [2.05, 4.69) is 20.4 Å². The van der Waals surface area contributed by atoms with Gasteiger partial charge in [0.1, 0.15) is 6.26 Å². The number of rotatable bonds is 17. The maximum absolute atomic E-state index is 13.9. The first-order valence-corrected chi connectivity index (χ1v) is 15.9. The van der Waals surface area contributed by atoms with Crippen LogP contribution < -0.4 is 11.1 Å². The number of halogens is 2. The molecule has 43 heavy (non-hydrogen) atoms. The molecule has 2 fully saturated rings. The van der Waals surface area contributed by atoms with Crippen LogP contribution in [-0.2, 0) is 11.2 Å². The van der Waals surface area contributed by atoms with Gasteiger partial charge in [0.05, 0.1) is 11.7 Å². The van der Waals surface area contributed by atoms with E-state index in [0.29, 0.717) is 12.5 Å². The molecular weight excluding hydrogens is 554 g/mol. The van der Waals surface area contributed by atoms with E-state index < -0.39 is 18.0 Å². The van der Waals surface area contributed by atoms with Gasteiger partial charge in [-0.1, -0.05) is 32.1 Å². The van der Waals surface area contributed by atoms with Crippen molar-refractivity contribution in [3.63, 3.8) is 0 Å². The Kier molecular flexibility index (Phi) is 11.3. The fourth-order valence-electron chi connectivity index (χ4n) is 5.85. The van der Waals surface area contributed by atoms with Crippen molar-refractivity contribution < 1.29 is 22.7 Å². The van der Waals surface area contributed by atoms with E-state index >= 15 is 0 Å². The highest BCUT2D eigenvalue weighted by atomic mass is 19.3. The summed E-state index contributed by atoms with van der Waals surface area (Å²) in [5.41, 5.74) is 6.75. The lowest BCUT2D eigenvalue weighted by atomic mass is 9.83. The Balaban J connectivity index is 1.11. The van der Waals surface area contributed by atoms with Crippen molar-refractivity contribution in [1.29, 1.82) is 0 Å². The second-order valence-electron chi connectivity index (χ2n) is 12.0. The fraction of sp³-hybridized carbons (Fsp3) is 0.625. The summed E-state index contributed by atoms with van der Waals surface area (Å²) in [6.07, 6.45) is 15.6. The standard InChI is InChI=1S/C32H44F2N6O3/c33-30(34)29-27(20-40(39-29)26-12-9-22(10-13-26)5-2-1-3-17-42-18-4-15-35)37-31(41)28-21-43-32(38-28)24-14-16-36-25(19-24)11-8-23-6-7-23/h14,16,19-23,26,30H,1-13,15,17-18,35H2,(H,37,41). The molecule has 1 amide bonds. The third-order valence-electron chi connectivity index (χ3n) is 8.61. The van der Waals surface area contributed by atoms with E-state index in [1.54, 1.807) is 16.9 Å². The van der Waals surface area contributed by atoms with Gasteiger partial charge in [0.25, 0.3) is 12.3 Å². The molecule has 0 aliphatic heterocycles. The fourth-order valence-corrected chi connectivity index (χ4v) is 5.85. The van der Waals surface area contributed by atoms with E-state index in [-0.39, 0.29) is 23.3 Å². The highest BCUT2D eigenvalue weighted by Crippen LogP contribution is 2.37. The Morgan fingerprint density at radius 3 is 2.60 bits per heavy atom. The van der Waals surface area contributed by atoms with Gasteiger partial charge < -0.3 is 20.2 Å². The van der Waals surface area contributed by atoms with Crippen LogP contribution in [0.4, 0.5) is 14.5 Å². The number of pyridine rings is 1. The molecule has 234 valence electrons. The Labute approximate surface area is 252 Å². The summed E-state index contributed by atoms with van der Waals surface area (Å²) < 4.78 is 40.6. The number of ether oxygens (including phenoxy) is 1. The number of carbonyl (C=O) groups excluding carboxylic acids is 1. The number of aryl methyl sites for hydroxylation is 1. The van der Waals surface area contributed by atoms with Gasteiger partial charge in [-0.05, 0) is 81.9 Å². The molecule has 3 heterocycles. The molecule has 11 heteroatoms. The van der Waals surface area contributed by atoms with Crippen LogP contribution in [-0.4, -0.2) is 45.4 Å². The molecule has 0 spiro atoms. The molecule has 2 saturated carbocycles. The number of nitrogens with two attached hydrogens (primary N) is 1. The number of alkyl halides is 2. The van der Waals surface area contributed by atoms with Crippen LogP contribution in [0.5, 0.6) is 0 Å². The maximum atomic E-state index is 13.9. The normalized spacial score (nSPS) is 18.8. The zero-order chi connectivity index (χ0) is 30.0. The van der Waals surface area contributed by atoms with Crippen molar-refractivity contribution in [2.75, 3.05) is 25.1 Å². The van der Waals surface area contributed by atoms with Gasteiger partial charge in [0.15, 0.2) is 11.4 Å². The molecule has 3 aromatic heterocycles. The molecule has 5 rings (SSSR count).